The van der Waals surface area contributed by atoms with Crippen LogP contribution < -0.4 is 5.32 Å². The van der Waals surface area contributed by atoms with E-state index >= 15 is 0 Å². The molecule has 0 saturated heterocycles. The number of hydrogen-bond acceptors (Lipinski definition) is 3. The Morgan fingerprint density at radius 2 is 1.77 bits per heavy atom. The maximum Gasteiger partial charge on any atom is 0.109 e. The Bertz CT molecular complexity index is 710. The minimum atomic E-state index is -0.0753. The Morgan fingerprint density at radius 3 is 2.38 bits per heavy atom. The van der Waals surface area contributed by atoms with Gasteiger partial charge in [-0.1, -0.05) is 61.9 Å². The van der Waals surface area contributed by atoms with Gasteiger partial charge in [0.2, 0.25) is 0 Å². The van der Waals surface area contributed by atoms with Crippen LogP contribution in [0.1, 0.15) is 58.9 Å². The molecule has 1 aliphatic rings. The summed E-state index contributed by atoms with van der Waals surface area (Å²) in [7, 11) is 5.61. The molecule has 0 amide bonds. The molecule has 0 unspecified atom stereocenters. The minimum Gasteiger partial charge on any atom is -0.350 e. The van der Waals surface area contributed by atoms with Gasteiger partial charge in [-0.3, -0.25) is 9.98 Å². The number of hydrogen-bond donors (Lipinski definition) is 1. The van der Waals surface area contributed by atoms with Gasteiger partial charge in [-0.15, -0.1) is 5.47 Å². The van der Waals surface area contributed by atoms with Gasteiger partial charge in [0.25, 0.3) is 0 Å². The van der Waals surface area contributed by atoms with E-state index in [2.05, 4.69) is 47.6 Å². The first-order chi connectivity index (χ1) is 12.4. The zero-order chi connectivity index (χ0) is 19.0. The SMILES string of the molecule is [B]/C(C)=C/N=C(C)S/C(C)=C/NC(C)=NC1(c2ccccc2)CCCC1. The molecule has 1 aromatic carbocycles. The van der Waals surface area contributed by atoms with Crippen LogP contribution in [0.2, 0.25) is 0 Å². The lowest BCUT2D eigenvalue weighted by Gasteiger charge is -2.26. The first kappa shape index (κ1) is 20.6. The van der Waals surface area contributed by atoms with Crippen molar-refractivity contribution in [2.75, 3.05) is 0 Å². The van der Waals surface area contributed by atoms with E-state index < -0.39 is 0 Å². The quantitative estimate of drug-likeness (QED) is 0.425. The van der Waals surface area contributed by atoms with E-state index in [-0.39, 0.29) is 5.54 Å². The molecule has 3 nitrogen and oxygen atoms in total. The first-order valence-corrected chi connectivity index (χ1v) is 9.93. The summed E-state index contributed by atoms with van der Waals surface area (Å²) in [5.41, 5.74) is 1.95. The molecule has 5 heteroatoms. The summed E-state index contributed by atoms with van der Waals surface area (Å²) in [6, 6.07) is 10.7. The Balaban J connectivity index is 2.06. The summed E-state index contributed by atoms with van der Waals surface area (Å²) in [4.78, 5) is 10.5. The van der Waals surface area contributed by atoms with Crippen LogP contribution >= 0.6 is 11.8 Å². The zero-order valence-electron chi connectivity index (χ0n) is 16.2. The Hall–Kier alpha value is -1.75. The van der Waals surface area contributed by atoms with Crippen LogP contribution in [0.3, 0.4) is 0 Å². The highest BCUT2D eigenvalue weighted by molar-refractivity contribution is 8.17. The van der Waals surface area contributed by atoms with E-state index in [1.165, 1.54) is 18.4 Å². The molecule has 2 rings (SSSR count). The molecule has 1 saturated carbocycles. The lowest BCUT2D eigenvalue weighted by atomic mass is 9.89. The summed E-state index contributed by atoms with van der Waals surface area (Å²) >= 11 is 1.62. The smallest absolute Gasteiger partial charge is 0.109 e. The van der Waals surface area contributed by atoms with Gasteiger partial charge in [-0.2, -0.15) is 0 Å². The maximum absolute atomic E-state index is 5.61. The van der Waals surface area contributed by atoms with Crippen molar-refractivity contribution in [2.24, 2.45) is 9.98 Å². The van der Waals surface area contributed by atoms with Crippen molar-refractivity contribution in [3.05, 3.63) is 58.7 Å². The van der Waals surface area contributed by atoms with Crippen molar-refractivity contribution in [3.63, 3.8) is 0 Å². The van der Waals surface area contributed by atoms with Crippen LogP contribution in [0.25, 0.3) is 0 Å². The van der Waals surface area contributed by atoms with Gasteiger partial charge >= 0.3 is 0 Å². The fourth-order valence-corrected chi connectivity index (χ4v) is 3.90. The number of amidine groups is 1. The summed E-state index contributed by atoms with van der Waals surface area (Å²) in [5.74, 6) is 0.947. The molecule has 1 aliphatic carbocycles. The molecule has 0 heterocycles. The summed E-state index contributed by atoms with van der Waals surface area (Å²) in [6.45, 7) is 7.91. The summed E-state index contributed by atoms with van der Waals surface area (Å²) < 4.78 is 0. The fourth-order valence-electron chi connectivity index (χ4n) is 3.21. The van der Waals surface area contributed by atoms with E-state index in [4.69, 9.17) is 12.8 Å². The molecule has 1 N–H and O–H groups in total. The van der Waals surface area contributed by atoms with Gasteiger partial charge in [0.1, 0.15) is 7.85 Å². The number of nitrogens with zero attached hydrogens (tertiary/aromatic N) is 2. The van der Waals surface area contributed by atoms with Crippen molar-refractivity contribution < 1.29 is 0 Å². The molecule has 0 aliphatic heterocycles. The van der Waals surface area contributed by atoms with Crippen molar-refractivity contribution in [1.82, 2.24) is 5.32 Å². The average molecular weight is 365 g/mol. The molecule has 136 valence electrons. The van der Waals surface area contributed by atoms with Gasteiger partial charge in [0.05, 0.1) is 16.4 Å². The molecule has 1 fully saturated rings. The lowest BCUT2D eigenvalue weighted by molar-refractivity contribution is 0.464. The Morgan fingerprint density at radius 1 is 1.12 bits per heavy atom. The van der Waals surface area contributed by atoms with Crippen molar-refractivity contribution in [2.45, 2.75) is 58.9 Å². The number of aliphatic imine (C=N–C) groups is 2. The molecule has 0 atom stereocenters. The molecular weight excluding hydrogens is 337 g/mol. The zero-order valence-corrected chi connectivity index (χ0v) is 17.1. The van der Waals surface area contributed by atoms with Crippen molar-refractivity contribution in [3.8, 4) is 0 Å². The second kappa shape index (κ2) is 9.82. The summed E-state index contributed by atoms with van der Waals surface area (Å²) in [5, 5.41) is 4.30. The third kappa shape index (κ3) is 6.20. The second-order valence-electron chi connectivity index (χ2n) is 6.82. The van der Waals surface area contributed by atoms with Gasteiger partial charge in [-0.25, -0.2) is 0 Å². The normalized spacial score (nSPS) is 18.9. The van der Waals surface area contributed by atoms with E-state index in [0.717, 1.165) is 28.6 Å². The number of allylic oxidation sites excluding steroid dienone is 2. The molecule has 0 aromatic heterocycles. The maximum atomic E-state index is 5.61. The first-order valence-electron chi connectivity index (χ1n) is 9.11. The number of rotatable bonds is 5. The predicted octanol–water partition coefficient (Wildman–Crippen LogP) is 5.51. The molecule has 0 spiro atoms. The second-order valence-corrected chi connectivity index (χ2v) is 8.26. The van der Waals surface area contributed by atoms with Crippen LogP contribution in [-0.2, 0) is 5.54 Å². The van der Waals surface area contributed by atoms with Gasteiger partial charge in [-0.05, 0) is 39.2 Å². The average Bonchev–Trinajstić information content (AvgIpc) is 3.08. The molecular formula is C21H28BN3S. The fraction of sp³-hybridized carbons (Fsp3) is 0.429. The molecule has 0 bridgehead atoms. The van der Waals surface area contributed by atoms with Crippen LogP contribution in [-0.4, -0.2) is 18.7 Å². The van der Waals surface area contributed by atoms with Gasteiger partial charge in [0.15, 0.2) is 0 Å². The number of benzene rings is 1. The van der Waals surface area contributed by atoms with E-state index in [1.54, 1.807) is 18.0 Å². The molecule has 2 radical (unpaired) electrons. The van der Waals surface area contributed by atoms with Gasteiger partial charge in [0, 0.05) is 17.3 Å². The number of nitrogens with one attached hydrogen (secondary N) is 1. The van der Waals surface area contributed by atoms with E-state index in [9.17, 15) is 0 Å². The highest BCUT2D eigenvalue weighted by atomic mass is 32.2. The third-order valence-electron chi connectivity index (χ3n) is 4.37. The molecule has 1 aromatic rings. The Labute approximate surface area is 163 Å². The monoisotopic (exact) mass is 365 g/mol. The predicted molar refractivity (Wildman–Crippen MR) is 117 cm³/mol. The van der Waals surface area contributed by atoms with Crippen molar-refractivity contribution in [1.29, 1.82) is 0 Å². The van der Waals surface area contributed by atoms with Crippen LogP contribution in [0.5, 0.6) is 0 Å². The third-order valence-corrected chi connectivity index (χ3v) is 5.21. The largest absolute Gasteiger partial charge is 0.350 e. The standard InChI is InChI=1S/C21H28BN3S/c1-16(22)14-24-19(4)26-17(2)15-23-18(3)25-21(12-8-9-13-21)20-10-6-5-7-11-20/h5-7,10-11,14-15H,8-9,12-13H2,1-4H3,(H,23,25)/b16-14+,17-15+,24-19?. The van der Waals surface area contributed by atoms with E-state index in [1.807, 2.05) is 27.0 Å². The van der Waals surface area contributed by atoms with Gasteiger partial charge < -0.3 is 5.32 Å². The van der Waals surface area contributed by atoms with Crippen LogP contribution in [0.15, 0.2) is 63.1 Å². The van der Waals surface area contributed by atoms with Crippen LogP contribution in [0.4, 0.5) is 0 Å². The highest BCUT2D eigenvalue weighted by Crippen LogP contribution is 2.42. The van der Waals surface area contributed by atoms with Crippen LogP contribution in [0, 0.1) is 0 Å². The summed E-state index contributed by atoms with van der Waals surface area (Å²) in [6.07, 6.45) is 8.38. The highest BCUT2D eigenvalue weighted by Gasteiger charge is 2.35. The minimum absolute atomic E-state index is 0.0753. The topological polar surface area (TPSA) is 36.8 Å². The number of thioether (sulfide) groups is 1. The molecule has 26 heavy (non-hydrogen) atoms. The lowest BCUT2D eigenvalue weighted by Crippen LogP contribution is -2.25. The van der Waals surface area contributed by atoms with Crippen molar-refractivity contribution >= 4 is 30.5 Å². The van der Waals surface area contributed by atoms with E-state index in [0.29, 0.717) is 5.47 Å². The Kier molecular flexibility index (Phi) is 7.76.